The number of aromatic amines is 1. The number of halogens is 3. The predicted octanol–water partition coefficient (Wildman–Crippen LogP) is 1.20. The fraction of sp³-hybridized carbons (Fsp3) is 0.524. The summed E-state index contributed by atoms with van der Waals surface area (Å²) in [6.07, 6.45) is 2.73. The van der Waals surface area contributed by atoms with Crippen LogP contribution in [0.5, 0.6) is 0 Å². The summed E-state index contributed by atoms with van der Waals surface area (Å²) < 4.78 is 49.4. The number of alkyl halides is 3. The van der Waals surface area contributed by atoms with E-state index in [0.717, 1.165) is 0 Å². The number of anilines is 2. The molecule has 0 saturated carbocycles. The number of allylic oxidation sites excluding steroid dienone is 1. The molecule has 12 nitrogen and oxygen atoms in total. The lowest BCUT2D eigenvalue weighted by Crippen LogP contribution is -2.50. The summed E-state index contributed by atoms with van der Waals surface area (Å²) in [5, 5.41) is 6.09. The number of H-pyrrole nitrogens is 1. The maximum Gasteiger partial charge on any atom is 0.411 e. The highest BCUT2D eigenvalue weighted by atomic mass is 19.4. The zero-order valence-corrected chi connectivity index (χ0v) is 19.2. The summed E-state index contributed by atoms with van der Waals surface area (Å²) in [7, 11) is 0. The number of hydrogen-bond acceptors (Lipinski definition) is 9. The van der Waals surface area contributed by atoms with E-state index in [-0.39, 0.29) is 24.1 Å². The molecule has 0 radical (unpaired) electrons. The fourth-order valence-corrected chi connectivity index (χ4v) is 4.12. The van der Waals surface area contributed by atoms with Gasteiger partial charge in [0.1, 0.15) is 18.7 Å². The highest BCUT2D eigenvalue weighted by molar-refractivity contribution is 5.99. The molecule has 1 unspecified atom stereocenters. The van der Waals surface area contributed by atoms with Gasteiger partial charge < -0.3 is 19.3 Å². The van der Waals surface area contributed by atoms with E-state index in [1.54, 1.807) is 18.5 Å². The molecular weight excluding hydrogens is 485 g/mol. The number of dihydropyridines is 1. The van der Waals surface area contributed by atoms with Gasteiger partial charge >= 0.3 is 11.9 Å². The van der Waals surface area contributed by atoms with Crippen molar-refractivity contribution < 1.29 is 27.4 Å². The average molecular weight is 508 g/mol. The molecule has 2 saturated heterocycles. The van der Waals surface area contributed by atoms with Crippen molar-refractivity contribution in [3.63, 3.8) is 0 Å². The molecule has 192 valence electrons. The van der Waals surface area contributed by atoms with Crippen LogP contribution >= 0.6 is 0 Å². The van der Waals surface area contributed by atoms with Crippen molar-refractivity contribution in [2.24, 2.45) is 4.99 Å². The van der Waals surface area contributed by atoms with Gasteiger partial charge in [0, 0.05) is 32.5 Å². The molecule has 0 spiro atoms. The number of carbonyl (C=O) groups is 1. The van der Waals surface area contributed by atoms with Gasteiger partial charge in [-0.2, -0.15) is 18.3 Å². The lowest BCUT2D eigenvalue weighted by molar-refractivity contribution is -0.201. The van der Waals surface area contributed by atoms with Gasteiger partial charge in [0.05, 0.1) is 30.3 Å². The van der Waals surface area contributed by atoms with E-state index >= 15 is 0 Å². The van der Waals surface area contributed by atoms with Gasteiger partial charge in [-0.1, -0.05) is 0 Å². The number of carbonyl (C=O) groups excluding carboxylic acids is 1. The minimum atomic E-state index is -4.45. The molecule has 1 amide bonds. The van der Waals surface area contributed by atoms with Crippen LogP contribution in [-0.4, -0.2) is 81.1 Å². The van der Waals surface area contributed by atoms with Gasteiger partial charge in [0.25, 0.3) is 5.91 Å². The van der Waals surface area contributed by atoms with Crippen LogP contribution in [0.3, 0.4) is 0 Å². The van der Waals surface area contributed by atoms with Crippen molar-refractivity contribution in [2.75, 3.05) is 36.0 Å². The van der Waals surface area contributed by atoms with Crippen LogP contribution < -0.4 is 15.5 Å². The quantitative estimate of drug-likeness (QED) is 0.591. The Balaban J connectivity index is 1.13. The highest BCUT2D eigenvalue weighted by Gasteiger charge is 2.38. The van der Waals surface area contributed by atoms with Crippen LogP contribution in [-0.2, 0) is 14.3 Å². The van der Waals surface area contributed by atoms with Gasteiger partial charge in [-0.15, -0.1) is 0 Å². The maximum atomic E-state index is 12.9. The molecule has 2 aromatic heterocycles. The minimum Gasteiger partial charge on any atom is -0.479 e. The number of nitrogens with one attached hydrogen (secondary N) is 1. The van der Waals surface area contributed by atoms with Gasteiger partial charge in [-0.05, 0) is 13.0 Å². The van der Waals surface area contributed by atoms with E-state index in [1.807, 2.05) is 4.90 Å². The summed E-state index contributed by atoms with van der Waals surface area (Å²) >= 11 is 0. The average Bonchev–Trinajstić information content (AvgIpc) is 3.39. The summed E-state index contributed by atoms with van der Waals surface area (Å²) in [5.74, 6) is 0.523. The summed E-state index contributed by atoms with van der Waals surface area (Å²) in [5.41, 5.74) is -1.07. The molecule has 2 aromatic rings. The molecule has 2 fully saturated rings. The van der Waals surface area contributed by atoms with Crippen LogP contribution in [0.2, 0.25) is 0 Å². The maximum absolute atomic E-state index is 12.9. The van der Waals surface area contributed by atoms with E-state index in [2.05, 4.69) is 25.2 Å². The normalized spacial score (nSPS) is 24.7. The van der Waals surface area contributed by atoms with Crippen molar-refractivity contribution in [3.05, 3.63) is 41.0 Å². The molecule has 0 aliphatic carbocycles. The number of ether oxygens (including phenoxy) is 2. The zero-order chi connectivity index (χ0) is 25.5. The molecule has 1 N–H and O–H groups in total. The molecule has 0 aromatic carbocycles. The SMILES string of the molecule is CC1(OCC(F)(F)F)CC=C(O[C@@H]2CCN(c3cnc(N4CC(n5cn[nH]c5=O)C4)nc3)C2=O)C=N1. The number of rotatable bonds is 7. The number of hydrogen-bond donors (Lipinski definition) is 1. The second-order valence-electron chi connectivity index (χ2n) is 8.90. The van der Waals surface area contributed by atoms with Crippen LogP contribution in [0.25, 0.3) is 0 Å². The number of aromatic nitrogens is 5. The lowest BCUT2D eigenvalue weighted by Gasteiger charge is -2.39. The van der Waals surface area contributed by atoms with E-state index in [0.29, 0.717) is 43.4 Å². The Morgan fingerprint density at radius 1 is 1.22 bits per heavy atom. The van der Waals surface area contributed by atoms with Gasteiger partial charge in [0.15, 0.2) is 11.8 Å². The first-order valence-electron chi connectivity index (χ1n) is 11.2. The van der Waals surface area contributed by atoms with Crippen LogP contribution in [0.1, 0.15) is 25.8 Å². The van der Waals surface area contributed by atoms with Crippen molar-refractivity contribution in [1.29, 1.82) is 0 Å². The van der Waals surface area contributed by atoms with Gasteiger partial charge in [-0.3, -0.25) is 14.4 Å². The lowest BCUT2D eigenvalue weighted by atomic mass is 10.1. The van der Waals surface area contributed by atoms with Crippen LogP contribution in [0, 0.1) is 0 Å². The topological polar surface area (TPSA) is 131 Å². The molecular formula is C21H23F3N8O4. The molecule has 5 rings (SSSR count). The molecule has 3 aliphatic rings. The fourth-order valence-electron chi connectivity index (χ4n) is 4.12. The van der Waals surface area contributed by atoms with Crippen LogP contribution in [0.15, 0.2) is 40.3 Å². The summed E-state index contributed by atoms with van der Waals surface area (Å²) in [6, 6.07) is -0.00991. The molecule has 3 aliphatic heterocycles. The third-order valence-electron chi connectivity index (χ3n) is 6.18. The second kappa shape index (κ2) is 9.04. The Hall–Kier alpha value is -3.75. The third-order valence-corrected chi connectivity index (χ3v) is 6.18. The number of aliphatic imine (C=N–C) groups is 1. The van der Waals surface area contributed by atoms with Gasteiger partial charge in [0.2, 0.25) is 5.95 Å². The Morgan fingerprint density at radius 2 is 1.97 bits per heavy atom. The Morgan fingerprint density at radius 3 is 2.58 bits per heavy atom. The van der Waals surface area contributed by atoms with E-state index in [9.17, 15) is 22.8 Å². The molecule has 36 heavy (non-hydrogen) atoms. The predicted molar refractivity (Wildman–Crippen MR) is 120 cm³/mol. The first-order valence-corrected chi connectivity index (χ1v) is 11.2. The Kier molecular flexibility index (Phi) is 6.02. The third kappa shape index (κ3) is 4.96. The molecule has 2 atom stereocenters. The largest absolute Gasteiger partial charge is 0.479 e. The number of amides is 1. The molecule has 5 heterocycles. The van der Waals surface area contributed by atoms with Crippen LogP contribution in [0.4, 0.5) is 24.8 Å². The monoisotopic (exact) mass is 508 g/mol. The standard InChI is InChI=1S/C21H23F3N8O4/c1-20(35-11-21(22,23)24)4-2-15(8-27-20)36-16-3-5-31(17(16)33)13-6-25-18(26-7-13)30-9-14(10-30)32-12-28-29-19(32)34/h2,6-8,12,14,16H,3-5,9-11H2,1H3,(H,29,34)/t16-,20?/m1/s1. The van der Waals surface area contributed by atoms with Gasteiger partial charge in [-0.25, -0.2) is 19.9 Å². The van der Waals surface area contributed by atoms with E-state index in [4.69, 9.17) is 9.47 Å². The van der Waals surface area contributed by atoms with E-state index < -0.39 is 24.6 Å². The van der Waals surface area contributed by atoms with E-state index in [1.165, 1.54) is 28.9 Å². The van der Waals surface area contributed by atoms with Crippen molar-refractivity contribution >= 4 is 23.8 Å². The Bertz CT molecular complexity index is 1230. The Labute approximate surface area is 202 Å². The second-order valence-corrected chi connectivity index (χ2v) is 8.90. The van der Waals surface area contributed by atoms with Crippen molar-refractivity contribution in [2.45, 2.75) is 43.8 Å². The zero-order valence-electron chi connectivity index (χ0n) is 19.2. The highest BCUT2D eigenvalue weighted by Crippen LogP contribution is 2.30. The number of nitrogens with zero attached hydrogens (tertiary/aromatic N) is 7. The first-order chi connectivity index (χ1) is 17.1. The summed E-state index contributed by atoms with van der Waals surface area (Å²) in [6.45, 7) is 1.58. The smallest absolute Gasteiger partial charge is 0.411 e. The van der Waals surface area contributed by atoms with Crippen molar-refractivity contribution in [1.82, 2.24) is 24.7 Å². The van der Waals surface area contributed by atoms with Crippen molar-refractivity contribution in [3.8, 4) is 0 Å². The molecule has 15 heteroatoms. The summed E-state index contributed by atoms with van der Waals surface area (Å²) in [4.78, 5) is 40.7. The first kappa shape index (κ1) is 24.0. The molecule has 0 bridgehead atoms. The minimum absolute atomic E-state index is 0.00991.